The molecule has 1 N–H and O–H groups in total. The fourth-order valence-corrected chi connectivity index (χ4v) is 3.14. The molecule has 1 saturated heterocycles. The average molecular weight is 409 g/mol. The molecule has 158 valence electrons. The zero-order valence-corrected chi connectivity index (χ0v) is 17.6. The highest BCUT2D eigenvalue weighted by molar-refractivity contribution is 5.67. The highest BCUT2D eigenvalue weighted by Gasteiger charge is 2.25. The average Bonchev–Trinajstić information content (AvgIpc) is 2.74. The van der Waals surface area contributed by atoms with E-state index in [1.807, 2.05) is 32.9 Å². The van der Waals surface area contributed by atoms with Gasteiger partial charge in [-0.25, -0.2) is 14.8 Å². The number of anilines is 2. The third kappa shape index (κ3) is 5.83. The Bertz CT molecular complexity index is 917. The fraction of sp³-hybridized carbons (Fsp3) is 0.455. The molecule has 0 atom stereocenters. The molecular weight excluding hydrogens is 382 g/mol. The summed E-state index contributed by atoms with van der Waals surface area (Å²) in [7, 11) is 0. The number of hydrogen-bond donors (Lipinski definition) is 1. The highest BCUT2D eigenvalue weighted by atomic mass is 16.6. The number of amides is 1. The number of likely N-dealkylation sites (tertiary alicyclic amines) is 1. The molecule has 2 heterocycles. The van der Waals surface area contributed by atoms with E-state index in [4.69, 9.17) is 14.7 Å². The Hall–Kier alpha value is -3.34. The number of ether oxygens (including phenoxy) is 2. The summed E-state index contributed by atoms with van der Waals surface area (Å²) < 4.78 is 11.3. The van der Waals surface area contributed by atoms with Gasteiger partial charge in [-0.05, 0) is 36.6 Å². The minimum atomic E-state index is -0.256. The van der Waals surface area contributed by atoms with E-state index in [-0.39, 0.29) is 12.2 Å². The second-order valence-corrected chi connectivity index (χ2v) is 7.78. The molecule has 3 rings (SSSR count). The number of benzene rings is 1. The summed E-state index contributed by atoms with van der Waals surface area (Å²) in [6.45, 7) is 7.60. The van der Waals surface area contributed by atoms with E-state index in [0.717, 1.165) is 24.1 Å². The monoisotopic (exact) mass is 409 g/mol. The van der Waals surface area contributed by atoms with Crippen molar-refractivity contribution in [2.75, 3.05) is 25.0 Å². The molecule has 1 fully saturated rings. The van der Waals surface area contributed by atoms with Crippen LogP contribution >= 0.6 is 0 Å². The first kappa shape index (κ1) is 21.4. The number of nitriles is 1. The van der Waals surface area contributed by atoms with Gasteiger partial charge in [0.1, 0.15) is 18.2 Å². The second-order valence-electron chi connectivity index (χ2n) is 7.78. The standard InChI is InChI=1S/C22H27N5O3/c1-15(2)13-29-22(28)27-8-6-18(7-9-27)30-21-11-20(24-14-25-21)26-19-5-4-17(12-23)10-16(19)3/h4-5,10-11,14-15,18H,6-9,13H2,1-3H3,(H,24,25,26). The SMILES string of the molecule is Cc1cc(C#N)ccc1Nc1cc(OC2CCN(C(=O)OCC(C)C)CC2)ncn1. The van der Waals surface area contributed by atoms with E-state index < -0.39 is 0 Å². The van der Waals surface area contributed by atoms with Crippen molar-refractivity contribution in [3.05, 3.63) is 41.7 Å². The number of nitrogens with one attached hydrogen (secondary N) is 1. The number of aromatic nitrogens is 2. The maximum atomic E-state index is 12.1. The van der Waals surface area contributed by atoms with Crippen LogP contribution in [0.1, 0.15) is 37.8 Å². The number of carbonyl (C=O) groups excluding carboxylic acids is 1. The van der Waals surface area contributed by atoms with Gasteiger partial charge in [-0.1, -0.05) is 13.8 Å². The quantitative estimate of drug-likeness (QED) is 0.768. The van der Waals surface area contributed by atoms with E-state index in [2.05, 4.69) is 21.4 Å². The van der Waals surface area contributed by atoms with Crippen molar-refractivity contribution in [1.82, 2.24) is 14.9 Å². The first-order valence-electron chi connectivity index (χ1n) is 10.1. The van der Waals surface area contributed by atoms with Crippen molar-refractivity contribution in [1.29, 1.82) is 5.26 Å². The molecule has 8 nitrogen and oxygen atoms in total. The van der Waals surface area contributed by atoms with Gasteiger partial charge in [0.25, 0.3) is 0 Å². The molecule has 0 unspecified atom stereocenters. The molecule has 0 spiro atoms. The van der Waals surface area contributed by atoms with E-state index in [1.165, 1.54) is 6.33 Å². The van der Waals surface area contributed by atoms with Crippen LogP contribution in [-0.2, 0) is 4.74 Å². The number of hydrogen-bond acceptors (Lipinski definition) is 7. The van der Waals surface area contributed by atoms with E-state index in [9.17, 15) is 4.79 Å². The Balaban J connectivity index is 1.54. The molecule has 0 saturated carbocycles. The summed E-state index contributed by atoms with van der Waals surface area (Å²) in [5.41, 5.74) is 2.43. The van der Waals surface area contributed by atoms with Crippen LogP contribution < -0.4 is 10.1 Å². The smallest absolute Gasteiger partial charge is 0.409 e. The summed E-state index contributed by atoms with van der Waals surface area (Å²) >= 11 is 0. The lowest BCUT2D eigenvalue weighted by Gasteiger charge is -2.31. The van der Waals surface area contributed by atoms with Crippen LogP contribution in [0, 0.1) is 24.2 Å². The summed E-state index contributed by atoms with van der Waals surface area (Å²) in [5, 5.41) is 12.2. The predicted octanol–water partition coefficient (Wildman–Crippen LogP) is 4.04. The maximum Gasteiger partial charge on any atom is 0.409 e. The molecule has 1 aliphatic heterocycles. The first-order valence-corrected chi connectivity index (χ1v) is 10.1. The van der Waals surface area contributed by atoms with Gasteiger partial charge >= 0.3 is 6.09 Å². The van der Waals surface area contributed by atoms with Gasteiger partial charge in [-0.2, -0.15) is 5.26 Å². The molecule has 2 aromatic rings. The van der Waals surface area contributed by atoms with Crippen molar-refractivity contribution in [2.45, 2.75) is 39.7 Å². The number of piperidine rings is 1. The summed E-state index contributed by atoms with van der Waals surface area (Å²) in [5.74, 6) is 1.42. The normalized spacial score (nSPS) is 14.3. The summed E-state index contributed by atoms with van der Waals surface area (Å²) in [4.78, 5) is 22.2. The number of carbonyl (C=O) groups is 1. The molecule has 0 radical (unpaired) electrons. The number of nitrogens with zero attached hydrogens (tertiary/aromatic N) is 4. The lowest BCUT2D eigenvalue weighted by Crippen LogP contribution is -2.42. The number of rotatable bonds is 6. The summed E-state index contributed by atoms with van der Waals surface area (Å²) in [6, 6.07) is 9.31. The fourth-order valence-electron chi connectivity index (χ4n) is 3.14. The number of aryl methyl sites for hydroxylation is 1. The Morgan fingerprint density at radius 1 is 1.30 bits per heavy atom. The van der Waals surface area contributed by atoms with Gasteiger partial charge in [0.2, 0.25) is 5.88 Å². The topological polar surface area (TPSA) is 100 Å². The highest BCUT2D eigenvalue weighted by Crippen LogP contribution is 2.23. The molecule has 0 bridgehead atoms. The third-order valence-electron chi connectivity index (χ3n) is 4.79. The summed E-state index contributed by atoms with van der Waals surface area (Å²) in [6.07, 6.45) is 2.62. The van der Waals surface area contributed by atoms with Crippen molar-refractivity contribution in [3.63, 3.8) is 0 Å². The first-order chi connectivity index (χ1) is 14.4. The van der Waals surface area contributed by atoms with Gasteiger partial charge in [-0.15, -0.1) is 0 Å². The molecule has 0 aliphatic carbocycles. The molecular formula is C22H27N5O3. The minimum absolute atomic E-state index is 0.0152. The van der Waals surface area contributed by atoms with Gasteiger partial charge in [0.05, 0.1) is 18.2 Å². The largest absolute Gasteiger partial charge is 0.474 e. The molecule has 1 aliphatic rings. The van der Waals surface area contributed by atoms with Gasteiger partial charge in [-0.3, -0.25) is 0 Å². The lowest BCUT2D eigenvalue weighted by atomic mass is 10.1. The van der Waals surface area contributed by atoms with Crippen LogP contribution in [0.25, 0.3) is 0 Å². The zero-order valence-electron chi connectivity index (χ0n) is 17.6. The Kier molecular flexibility index (Phi) is 7.07. The van der Waals surface area contributed by atoms with Crippen LogP contribution in [0.3, 0.4) is 0 Å². The lowest BCUT2D eigenvalue weighted by molar-refractivity contribution is 0.0606. The van der Waals surface area contributed by atoms with E-state index in [0.29, 0.717) is 42.9 Å². The van der Waals surface area contributed by atoms with E-state index >= 15 is 0 Å². The molecule has 1 amide bonds. The Morgan fingerprint density at radius 3 is 2.73 bits per heavy atom. The molecule has 1 aromatic heterocycles. The Morgan fingerprint density at radius 2 is 2.07 bits per heavy atom. The predicted molar refractivity (Wildman–Crippen MR) is 113 cm³/mol. The van der Waals surface area contributed by atoms with Gasteiger partial charge < -0.3 is 19.7 Å². The van der Waals surface area contributed by atoms with Crippen LogP contribution in [0.4, 0.5) is 16.3 Å². The third-order valence-corrected chi connectivity index (χ3v) is 4.79. The minimum Gasteiger partial charge on any atom is -0.474 e. The van der Waals surface area contributed by atoms with Crippen molar-refractivity contribution >= 4 is 17.6 Å². The van der Waals surface area contributed by atoms with Crippen LogP contribution in [0.15, 0.2) is 30.6 Å². The van der Waals surface area contributed by atoms with Crippen molar-refractivity contribution in [2.24, 2.45) is 5.92 Å². The van der Waals surface area contributed by atoms with Gasteiger partial charge in [0.15, 0.2) is 0 Å². The maximum absolute atomic E-state index is 12.1. The Labute approximate surface area is 176 Å². The molecule has 8 heteroatoms. The van der Waals surface area contributed by atoms with Crippen LogP contribution in [0.5, 0.6) is 5.88 Å². The zero-order chi connectivity index (χ0) is 21.5. The van der Waals surface area contributed by atoms with Crippen LogP contribution in [0.2, 0.25) is 0 Å². The molecule has 1 aromatic carbocycles. The van der Waals surface area contributed by atoms with Gasteiger partial charge in [0, 0.05) is 37.7 Å². The van der Waals surface area contributed by atoms with Crippen molar-refractivity contribution < 1.29 is 14.3 Å². The van der Waals surface area contributed by atoms with Crippen molar-refractivity contribution in [3.8, 4) is 11.9 Å². The second kappa shape index (κ2) is 9.92. The van der Waals surface area contributed by atoms with E-state index in [1.54, 1.807) is 17.0 Å². The molecule has 30 heavy (non-hydrogen) atoms. The van der Waals surface area contributed by atoms with Crippen LogP contribution in [-0.4, -0.2) is 46.8 Å².